The van der Waals surface area contributed by atoms with Crippen molar-refractivity contribution in [2.75, 3.05) is 12.4 Å². The second-order valence-electron chi connectivity index (χ2n) is 4.28. The fourth-order valence-electron chi connectivity index (χ4n) is 1.81. The van der Waals surface area contributed by atoms with Crippen LogP contribution in [0.2, 0.25) is 0 Å². The lowest BCUT2D eigenvalue weighted by atomic mass is 10.1. The molecule has 2 aromatic rings. The van der Waals surface area contributed by atoms with Gasteiger partial charge in [0.1, 0.15) is 11.6 Å². The quantitative estimate of drug-likeness (QED) is 0.893. The summed E-state index contributed by atoms with van der Waals surface area (Å²) in [5.41, 5.74) is 3.01. The van der Waals surface area contributed by atoms with Crippen LogP contribution in [0.4, 0.5) is 10.1 Å². The fraction of sp³-hybridized carbons (Fsp3) is 0.200. The van der Waals surface area contributed by atoms with Gasteiger partial charge >= 0.3 is 0 Å². The predicted octanol–water partition coefficient (Wildman–Crippen LogP) is 4.52. The van der Waals surface area contributed by atoms with Gasteiger partial charge in [0.15, 0.2) is 0 Å². The van der Waals surface area contributed by atoms with Crippen molar-refractivity contribution >= 4 is 21.6 Å². The number of nitrogens with one attached hydrogen (secondary N) is 1. The normalized spacial score (nSPS) is 10.3. The Balaban J connectivity index is 2.07. The minimum Gasteiger partial charge on any atom is -0.497 e. The minimum absolute atomic E-state index is 0.245. The highest BCUT2D eigenvalue weighted by Crippen LogP contribution is 2.22. The Morgan fingerprint density at radius 3 is 2.63 bits per heavy atom. The third-order valence-electron chi connectivity index (χ3n) is 2.90. The molecular weight excluding hydrogens is 309 g/mol. The van der Waals surface area contributed by atoms with Gasteiger partial charge in [-0.05, 0) is 64.3 Å². The number of halogens is 2. The molecule has 0 amide bonds. The van der Waals surface area contributed by atoms with Crippen LogP contribution in [0.5, 0.6) is 5.75 Å². The van der Waals surface area contributed by atoms with E-state index in [1.807, 2.05) is 31.2 Å². The summed E-state index contributed by atoms with van der Waals surface area (Å²) in [5.74, 6) is 0.587. The second-order valence-corrected chi connectivity index (χ2v) is 5.14. The van der Waals surface area contributed by atoms with Crippen LogP contribution in [0, 0.1) is 12.7 Å². The highest BCUT2D eigenvalue weighted by molar-refractivity contribution is 9.10. The summed E-state index contributed by atoms with van der Waals surface area (Å²) in [6.07, 6.45) is 0. The lowest BCUT2D eigenvalue weighted by Gasteiger charge is -2.11. The molecule has 0 unspecified atom stereocenters. The molecule has 2 nitrogen and oxygen atoms in total. The first-order valence-corrected chi connectivity index (χ1v) is 6.72. The Labute approximate surface area is 120 Å². The molecule has 1 N–H and O–H groups in total. The topological polar surface area (TPSA) is 21.3 Å². The van der Waals surface area contributed by atoms with E-state index in [2.05, 4.69) is 21.2 Å². The Bertz CT molecular complexity index is 586. The maximum atomic E-state index is 13.4. The van der Waals surface area contributed by atoms with E-state index in [1.165, 1.54) is 6.07 Å². The van der Waals surface area contributed by atoms with Gasteiger partial charge in [0.25, 0.3) is 0 Å². The number of ether oxygens (including phenoxy) is 1. The molecule has 0 saturated carbocycles. The van der Waals surface area contributed by atoms with Crippen LogP contribution in [0.1, 0.15) is 11.1 Å². The van der Waals surface area contributed by atoms with Crippen LogP contribution in [0.15, 0.2) is 40.9 Å². The largest absolute Gasteiger partial charge is 0.497 e. The first-order chi connectivity index (χ1) is 9.10. The van der Waals surface area contributed by atoms with Crippen LogP contribution in [-0.2, 0) is 6.54 Å². The Morgan fingerprint density at radius 1 is 1.21 bits per heavy atom. The summed E-state index contributed by atoms with van der Waals surface area (Å²) in [5, 5.41) is 3.29. The van der Waals surface area contributed by atoms with Gasteiger partial charge in [-0.15, -0.1) is 0 Å². The molecule has 0 saturated heterocycles. The number of aryl methyl sites for hydroxylation is 1. The molecule has 0 aliphatic heterocycles. The van der Waals surface area contributed by atoms with Crippen molar-refractivity contribution in [3.05, 3.63) is 57.8 Å². The predicted molar refractivity (Wildman–Crippen MR) is 79.2 cm³/mol. The van der Waals surface area contributed by atoms with E-state index < -0.39 is 0 Å². The zero-order valence-corrected chi connectivity index (χ0v) is 12.4. The van der Waals surface area contributed by atoms with Crippen LogP contribution in [-0.4, -0.2) is 7.11 Å². The molecule has 0 aliphatic carbocycles. The zero-order chi connectivity index (χ0) is 13.8. The van der Waals surface area contributed by atoms with Crippen molar-refractivity contribution in [3.63, 3.8) is 0 Å². The summed E-state index contributed by atoms with van der Waals surface area (Å²) < 4.78 is 19.0. The Kier molecular flexibility index (Phi) is 4.43. The van der Waals surface area contributed by atoms with E-state index >= 15 is 0 Å². The summed E-state index contributed by atoms with van der Waals surface area (Å²) in [4.78, 5) is 0. The molecule has 0 fully saturated rings. The number of benzene rings is 2. The monoisotopic (exact) mass is 323 g/mol. The first-order valence-electron chi connectivity index (χ1n) is 5.92. The fourth-order valence-corrected chi connectivity index (χ4v) is 2.05. The van der Waals surface area contributed by atoms with E-state index in [0.717, 1.165) is 22.6 Å². The number of hydrogen-bond donors (Lipinski definition) is 1. The maximum Gasteiger partial charge on any atom is 0.137 e. The van der Waals surface area contributed by atoms with E-state index in [4.69, 9.17) is 4.74 Å². The molecule has 4 heteroatoms. The average Bonchev–Trinajstić information content (AvgIpc) is 2.41. The molecule has 0 bridgehead atoms. The van der Waals surface area contributed by atoms with Crippen LogP contribution in [0.3, 0.4) is 0 Å². The van der Waals surface area contributed by atoms with Crippen molar-refractivity contribution in [3.8, 4) is 5.75 Å². The van der Waals surface area contributed by atoms with E-state index in [9.17, 15) is 4.39 Å². The Hall–Kier alpha value is -1.55. The van der Waals surface area contributed by atoms with Crippen LogP contribution < -0.4 is 10.1 Å². The Morgan fingerprint density at radius 2 is 2.00 bits per heavy atom. The van der Waals surface area contributed by atoms with Crippen LogP contribution >= 0.6 is 15.9 Å². The molecule has 0 heterocycles. The number of anilines is 1. The number of rotatable bonds is 4. The average molecular weight is 324 g/mol. The van der Waals surface area contributed by atoms with E-state index in [0.29, 0.717) is 11.0 Å². The van der Waals surface area contributed by atoms with Gasteiger partial charge < -0.3 is 10.1 Å². The van der Waals surface area contributed by atoms with E-state index in [1.54, 1.807) is 13.2 Å². The molecule has 0 aromatic heterocycles. The zero-order valence-electron chi connectivity index (χ0n) is 10.8. The molecular formula is C15H15BrFNO. The molecule has 0 aliphatic rings. The highest BCUT2D eigenvalue weighted by atomic mass is 79.9. The van der Waals surface area contributed by atoms with Gasteiger partial charge in [0.05, 0.1) is 11.6 Å². The van der Waals surface area contributed by atoms with Crippen molar-refractivity contribution in [1.82, 2.24) is 0 Å². The minimum atomic E-state index is -0.245. The highest BCUT2D eigenvalue weighted by Gasteiger charge is 2.03. The van der Waals surface area contributed by atoms with Crippen molar-refractivity contribution in [2.24, 2.45) is 0 Å². The third kappa shape index (κ3) is 3.47. The summed E-state index contributed by atoms with van der Waals surface area (Å²) in [6.45, 7) is 2.59. The molecule has 100 valence electrons. The molecule has 19 heavy (non-hydrogen) atoms. The second kappa shape index (κ2) is 6.06. The molecule has 2 rings (SSSR count). The first kappa shape index (κ1) is 13.9. The number of hydrogen-bond acceptors (Lipinski definition) is 2. The maximum absolute atomic E-state index is 13.4. The molecule has 2 aromatic carbocycles. The molecule has 0 radical (unpaired) electrons. The lowest BCUT2D eigenvalue weighted by molar-refractivity contribution is 0.414. The van der Waals surface area contributed by atoms with Gasteiger partial charge in [0, 0.05) is 12.2 Å². The smallest absolute Gasteiger partial charge is 0.137 e. The lowest BCUT2D eigenvalue weighted by Crippen LogP contribution is -2.01. The standard InChI is InChI=1S/C15H15BrFNO/c1-10-7-12(19-2)4-6-15(10)18-9-11-3-5-13(16)14(17)8-11/h3-8,18H,9H2,1-2H3. The molecule has 0 spiro atoms. The van der Waals surface area contributed by atoms with Gasteiger partial charge in [-0.3, -0.25) is 0 Å². The summed E-state index contributed by atoms with van der Waals surface area (Å²) >= 11 is 3.14. The van der Waals surface area contributed by atoms with Crippen molar-refractivity contribution in [2.45, 2.75) is 13.5 Å². The van der Waals surface area contributed by atoms with Crippen molar-refractivity contribution in [1.29, 1.82) is 0 Å². The van der Waals surface area contributed by atoms with Crippen molar-refractivity contribution < 1.29 is 9.13 Å². The van der Waals surface area contributed by atoms with Gasteiger partial charge in [-0.1, -0.05) is 6.07 Å². The summed E-state index contributed by atoms with van der Waals surface area (Å²) in [6, 6.07) is 11.0. The van der Waals surface area contributed by atoms with Crippen LogP contribution in [0.25, 0.3) is 0 Å². The third-order valence-corrected chi connectivity index (χ3v) is 3.54. The van der Waals surface area contributed by atoms with Gasteiger partial charge in [-0.25, -0.2) is 4.39 Å². The van der Waals surface area contributed by atoms with Gasteiger partial charge in [-0.2, -0.15) is 0 Å². The van der Waals surface area contributed by atoms with E-state index in [-0.39, 0.29) is 5.82 Å². The summed E-state index contributed by atoms with van der Waals surface area (Å²) in [7, 11) is 1.65. The SMILES string of the molecule is COc1ccc(NCc2ccc(Br)c(F)c2)c(C)c1. The number of methoxy groups -OCH3 is 1. The van der Waals surface area contributed by atoms with Gasteiger partial charge in [0.2, 0.25) is 0 Å². The molecule has 0 atom stereocenters.